The first-order valence-corrected chi connectivity index (χ1v) is 9.69. The average Bonchev–Trinajstić information content (AvgIpc) is 2.86. The first-order valence-electron chi connectivity index (χ1n) is 9.31. The fourth-order valence-corrected chi connectivity index (χ4v) is 4.50. The number of benzene rings is 2. The van der Waals surface area contributed by atoms with E-state index < -0.39 is 0 Å². The Morgan fingerprint density at radius 3 is 2.78 bits per heavy atom. The second-order valence-corrected chi connectivity index (χ2v) is 8.28. The molecule has 0 radical (unpaired) electrons. The van der Waals surface area contributed by atoms with E-state index >= 15 is 0 Å². The number of carbonyl (C=O) groups is 1. The molecule has 0 aromatic heterocycles. The van der Waals surface area contributed by atoms with E-state index in [1.165, 1.54) is 0 Å². The van der Waals surface area contributed by atoms with E-state index in [9.17, 15) is 4.79 Å². The molecule has 2 aliphatic heterocycles. The Hall–Kier alpha value is -2.33. The van der Waals surface area contributed by atoms with Crippen molar-refractivity contribution < 1.29 is 9.53 Å². The summed E-state index contributed by atoms with van der Waals surface area (Å²) >= 11 is 6.10. The van der Waals surface area contributed by atoms with Gasteiger partial charge in [-0.05, 0) is 69.0 Å². The normalized spacial score (nSPS) is 21.5. The number of anilines is 1. The highest BCUT2D eigenvalue weighted by atomic mass is 35.5. The molecule has 1 amide bonds. The van der Waals surface area contributed by atoms with E-state index in [1.807, 2.05) is 30.0 Å². The standard InChI is InChI=1S/C22H23ClN2O2/c1-5-27-16-10-17-13(2)12-22(3,4)25-20(17)18(11-16)19(21(25)26)24-15-8-6-7-14(23)9-15/h6-11,13H,5,12H2,1-4H3/t13-/m0/s1. The molecular weight excluding hydrogens is 360 g/mol. The largest absolute Gasteiger partial charge is 0.494 e. The molecule has 0 unspecified atom stereocenters. The summed E-state index contributed by atoms with van der Waals surface area (Å²) in [5, 5.41) is 0.599. The van der Waals surface area contributed by atoms with Crippen molar-refractivity contribution in [3.63, 3.8) is 0 Å². The SMILES string of the molecule is CCOc1cc2c3c(c1)[C@@H](C)CC(C)(C)N3C(=O)C2=Nc1cccc(Cl)c1. The minimum atomic E-state index is -0.267. The quantitative estimate of drug-likeness (QED) is 0.704. The maximum atomic E-state index is 13.4. The zero-order valence-electron chi connectivity index (χ0n) is 16.0. The van der Waals surface area contributed by atoms with Crippen molar-refractivity contribution in [3.8, 4) is 5.75 Å². The zero-order valence-corrected chi connectivity index (χ0v) is 16.8. The smallest absolute Gasteiger partial charge is 0.278 e. The predicted molar refractivity (Wildman–Crippen MR) is 110 cm³/mol. The van der Waals surface area contributed by atoms with Crippen molar-refractivity contribution >= 4 is 34.6 Å². The minimum absolute atomic E-state index is 0.0585. The maximum absolute atomic E-state index is 13.4. The number of rotatable bonds is 3. The molecule has 5 heteroatoms. The van der Waals surface area contributed by atoms with E-state index in [0.717, 1.165) is 29.0 Å². The van der Waals surface area contributed by atoms with Gasteiger partial charge in [-0.1, -0.05) is 24.6 Å². The summed E-state index contributed by atoms with van der Waals surface area (Å²) in [6.07, 6.45) is 0.894. The van der Waals surface area contributed by atoms with Crippen molar-refractivity contribution in [3.05, 3.63) is 52.5 Å². The molecule has 0 bridgehead atoms. The first-order chi connectivity index (χ1) is 12.8. The fourth-order valence-electron chi connectivity index (χ4n) is 4.32. The lowest BCUT2D eigenvalue weighted by molar-refractivity contribution is -0.113. The van der Waals surface area contributed by atoms with Crippen molar-refractivity contribution in [2.24, 2.45) is 4.99 Å². The van der Waals surface area contributed by atoms with Crippen LogP contribution in [0.3, 0.4) is 0 Å². The van der Waals surface area contributed by atoms with E-state index in [2.05, 4.69) is 31.8 Å². The summed E-state index contributed by atoms with van der Waals surface area (Å²) in [6, 6.07) is 11.3. The number of hydrogen-bond acceptors (Lipinski definition) is 3. The van der Waals surface area contributed by atoms with Gasteiger partial charge in [0.15, 0.2) is 0 Å². The van der Waals surface area contributed by atoms with Gasteiger partial charge < -0.3 is 9.64 Å². The molecule has 4 rings (SSSR count). The molecule has 2 aromatic carbocycles. The van der Waals surface area contributed by atoms with E-state index in [4.69, 9.17) is 16.3 Å². The molecule has 27 heavy (non-hydrogen) atoms. The highest BCUT2D eigenvalue weighted by molar-refractivity contribution is 6.55. The zero-order chi connectivity index (χ0) is 19.3. The Kier molecular flexibility index (Phi) is 4.26. The Morgan fingerprint density at radius 1 is 1.30 bits per heavy atom. The van der Waals surface area contributed by atoms with Crippen molar-refractivity contribution in [1.29, 1.82) is 0 Å². The van der Waals surface area contributed by atoms with Crippen LogP contribution in [0, 0.1) is 0 Å². The molecule has 2 heterocycles. The highest BCUT2D eigenvalue weighted by Crippen LogP contribution is 2.50. The number of hydrogen-bond donors (Lipinski definition) is 0. The third kappa shape index (κ3) is 2.92. The topological polar surface area (TPSA) is 41.9 Å². The Bertz CT molecular complexity index is 965. The van der Waals surface area contributed by atoms with Gasteiger partial charge in [0.1, 0.15) is 11.5 Å². The maximum Gasteiger partial charge on any atom is 0.278 e. The summed E-state index contributed by atoms with van der Waals surface area (Å²) in [4.78, 5) is 20.0. The van der Waals surface area contributed by atoms with Crippen molar-refractivity contribution in [1.82, 2.24) is 0 Å². The van der Waals surface area contributed by atoms with Gasteiger partial charge >= 0.3 is 0 Å². The Morgan fingerprint density at radius 2 is 2.07 bits per heavy atom. The fraction of sp³-hybridized carbons (Fsp3) is 0.364. The van der Waals surface area contributed by atoms with Crippen LogP contribution in [0.2, 0.25) is 5.02 Å². The molecule has 0 spiro atoms. The molecule has 0 N–H and O–H groups in total. The molecular formula is C22H23ClN2O2. The van der Waals surface area contributed by atoms with Gasteiger partial charge in [0, 0.05) is 16.1 Å². The monoisotopic (exact) mass is 382 g/mol. The molecule has 1 atom stereocenters. The minimum Gasteiger partial charge on any atom is -0.494 e. The lowest BCUT2D eigenvalue weighted by Gasteiger charge is -2.43. The van der Waals surface area contributed by atoms with Gasteiger partial charge in [0.25, 0.3) is 5.91 Å². The summed E-state index contributed by atoms with van der Waals surface area (Å²) < 4.78 is 5.78. The third-order valence-corrected chi connectivity index (χ3v) is 5.53. The van der Waals surface area contributed by atoms with Gasteiger partial charge in [-0.25, -0.2) is 4.99 Å². The summed E-state index contributed by atoms with van der Waals surface area (Å²) in [6.45, 7) is 8.99. The highest BCUT2D eigenvalue weighted by Gasteiger charge is 2.48. The molecule has 0 saturated heterocycles. The number of nitrogens with zero attached hydrogens (tertiary/aromatic N) is 2. The third-order valence-electron chi connectivity index (χ3n) is 5.30. The van der Waals surface area contributed by atoms with Gasteiger partial charge in [0.2, 0.25) is 0 Å². The molecule has 2 aliphatic rings. The van der Waals surface area contributed by atoms with Crippen LogP contribution in [0.15, 0.2) is 41.4 Å². The molecule has 2 aromatic rings. The van der Waals surface area contributed by atoms with Crippen LogP contribution < -0.4 is 9.64 Å². The van der Waals surface area contributed by atoms with Gasteiger partial charge in [-0.15, -0.1) is 0 Å². The number of aliphatic imine (C=N–C) groups is 1. The van der Waals surface area contributed by atoms with E-state index in [1.54, 1.807) is 12.1 Å². The summed E-state index contributed by atoms with van der Waals surface area (Å²) in [5.74, 6) is 1.06. The van der Waals surface area contributed by atoms with Crippen LogP contribution in [0.1, 0.15) is 51.2 Å². The Labute approximate surface area is 164 Å². The van der Waals surface area contributed by atoms with Crippen LogP contribution in [-0.2, 0) is 4.79 Å². The van der Waals surface area contributed by atoms with E-state index in [-0.39, 0.29) is 11.4 Å². The van der Waals surface area contributed by atoms with Gasteiger partial charge in [0.05, 0.1) is 18.0 Å². The van der Waals surface area contributed by atoms with Crippen LogP contribution >= 0.6 is 11.6 Å². The average molecular weight is 383 g/mol. The molecule has 0 aliphatic carbocycles. The molecule has 4 nitrogen and oxygen atoms in total. The lowest BCUT2D eigenvalue weighted by Crippen LogP contribution is -2.50. The lowest BCUT2D eigenvalue weighted by atomic mass is 9.80. The first kappa shape index (κ1) is 18.1. The molecule has 0 saturated carbocycles. The molecule has 0 fully saturated rings. The van der Waals surface area contributed by atoms with Crippen LogP contribution in [0.4, 0.5) is 11.4 Å². The predicted octanol–water partition coefficient (Wildman–Crippen LogP) is 5.49. The summed E-state index contributed by atoms with van der Waals surface area (Å²) in [5.41, 5.74) is 3.84. The number of amides is 1. The second-order valence-electron chi connectivity index (χ2n) is 7.84. The van der Waals surface area contributed by atoms with Crippen LogP contribution in [-0.4, -0.2) is 23.8 Å². The summed E-state index contributed by atoms with van der Waals surface area (Å²) in [7, 11) is 0. The van der Waals surface area contributed by atoms with Crippen LogP contribution in [0.25, 0.3) is 0 Å². The number of carbonyl (C=O) groups excluding carboxylic acids is 1. The van der Waals surface area contributed by atoms with E-state index in [0.29, 0.717) is 28.9 Å². The molecule has 140 valence electrons. The number of halogens is 1. The van der Waals surface area contributed by atoms with Gasteiger partial charge in [-0.3, -0.25) is 4.79 Å². The second kappa shape index (κ2) is 6.38. The van der Waals surface area contributed by atoms with Crippen molar-refractivity contribution in [2.75, 3.05) is 11.5 Å². The number of ether oxygens (including phenoxy) is 1. The Balaban J connectivity index is 1.96. The van der Waals surface area contributed by atoms with Crippen molar-refractivity contribution in [2.45, 2.75) is 45.6 Å². The van der Waals surface area contributed by atoms with Crippen LogP contribution in [0.5, 0.6) is 5.75 Å². The van der Waals surface area contributed by atoms with Gasteiger partial charge in [-0.2, -0.15) is 0 Å².